The summed E-state index contributed by atoms with van der Waals surface area (Å²) in [5.41, 5.74) is 3.11. The van der Waals surface area contributed by atoms with Gasteiger partial charge in [-0.25, -0.2) is 4.39 Å². The SMILES string of the molecule is O=C1CCCN1Cc1[nH]nc2cc(O)c(C(=O)N3Cc4ccc(F)cc4C3)cc12. The highest BCUT2D eigenvalue weighted by molar-refractivity contribution is 6.01. The summed E-state index contributed by atoms with van der Waals surface area (Å²) < 4.78 is 13.5. The molecule has 0 radical (unpaired) electrons. The van der Waals surface area contributed by atoms with E-state index in [9.17, 15) is 19.1 Å². The van der Waals surface area contributed by atoms with E-state index >= 15 is 0 Å². The lowest BCUT2D eigenvalue weighted by molar-refractivity contribution is -0.128. The molecule has 1 aromatic heterocycles. The highest BCUT2D eigenvalue weighted by Gasteiger charge is 2.28. The minimum Gasteiger partial charge on any atom is -0.507 e. The first-order valence-corrected chi connectivity index (χ1v) is 9.54. The Hall–Kier alpha value is -3.42. The third-order valence-corrected chi connectivity index (χ3v) is 5.68. The number of rotatable bonds is 3. The maximum atomic E-state index is 13.5. The number of carbonyl (C=O) groups is 2. The first kappa shape index (κ1) is 17.7. The second kappa shape index (κ2) is 6.58. The number of halogens is 1. The van der Waals surface area contributed by atoms with Crippen LogP contribution in [0.25, 0.3) is 10.9 Å². The fourth-order valence-electron chi connectivity index (χ4n) is 4.13. The largest absolute Gasteiger partial charge is 0.507 e. The minimum atomic E-state index is -0.332. The number of nitrogens with one attached hydrogen (secondary N) is 1. The van der Waals surface area contributed by atoms with Crippen LogP contribution in [0.5, 0.6) is 5.75 Å². The summed E-state index contributed by atoms with van der Waals surface area (Å²) in [7, 11) is 0. The van der Waals surface area contributed by atoms with Crippen molar-refractivity contribution >= 4 is 22.7 Å². The molecule has 3 aromatic rings. The van der Waals surface area contributed by atoms with Gasteiger partial charge in [-0.15, -0.1) is 0 Å². The number of carbonyl (C=O) groups excluding carboxylic acids is 2. The van der Waals surface area contributed by atoms with Gasteiger partial charge >= 0.3 is 0 Å². The van der Waals surface area contributed by atoms with Crippen molar-refractivity contribution < 1.29 is 19.1 Å². The lowest BCUT2D eigenvalue weighted by atomic mass is 10.1. The van der Waals surface area contributed by atoms with Crippen LogP contribution < -0.4 is 0 Å². The Labute approximate surface area is 165 Å². The predicted octanol–water partition coefficient (Wildman–Crippen LogP) is 2.69. The molecule has 2 aliphatic rings. The van der Waals surface area contributed by atoms with Gasteiger partial charge in [0.15, 0.2) is 0 Å². The van der Waals surface area contributed by atoms with Crippen molar-refractivity contribution in [2.45, 2.75) is 32.5 Å². The molecule has 7 nitrogen and oxygen atoms in total. The number of hydrogen-bond acceptors (Lipinski definition) is 4. The molecule has 29 heavy (non-hydrogen) atoms. The zero-order valence-corrected chi connectivity index (χ0v) is 15.6. The number of likely N-dealkylation sites (tertiary alicyclic amines) is 1. The van der Waals surface area contributed by atoms with Gasteiger partial charge in [-0.2, -0.15) is 5.10 Å². The lowest BCUT2D eigenvalue weighted by Gasteiger charge is -2.17. The average Bonchev–Trinajstić information content (AvgIpc) is 3.40. The van der Waals surface area contributed by atoms with Crippen LogP contribution in [0, 0.1) is 5.82 Å². The molecule has 2 aliphatic heterocycles. The van der Waals surface area contributed by atoms with Crippen LogP contribution in [-0.2, 0) is 24.4 Å². The molecule has 0 saturated carbocycles. The van der Waals surface area contributed by atoms with Crippen molar-refractivity contribution in [1.82, 2.24) is 20.0 Å². The monoisotopic (exact) mass is 394 g/mol. The Morgan fingerprint density at radius 3 is 2.83 bits per heavy atom. The normalized spacial score (nSPS) is 16.1. The van der Waals surface area contributed by atoms with Crippen LogP contribution in [0.3, 0.4) is 0 Å². The fraction of sp³-hybridized carbons (Fsp3) is 0.286. The molecule has 1 saturated heterocycles. The van der Waals surface area contributed by atoms with Gasteiger partial charge in [0.05, 0.1) is 23.3 Å². The third kappa shape index (κ3) is 3.00. The average molecular weight is 394 g/mol. The van der Waals surface area contributed by atoms with Crippen molar-refractivity contribution in [2.24, 2.45) is 0 Å². The number of aromatic amines is 1. The van der Waals surface area contributed by atoms with Gasteiger partial charge in [0.25, 0.3) is 5.91 Å². The molecular formula is C21H19FN4O3. The summed E-state index contributed by atoms with van der Waals surface area (Å²) in [6.07, 6.45) is 1.39. The predicted molar refractivity (Wildman–Crippen MR) is 102 cm³/mol. The van der Waals surface area contributed by atoms with Gasteiger partial charge in [-0.1, -0.05) is 6.07 Å². The number of H-pyrrole nitrogens is 1. The smallest absolute Gasteiger partial charge is 0.258 e. The maximum absolute atomic E-state index is 13.5. The van der Waals surface area contributed by atoms with Crippen LogP contribution in [0.4, 0.5) is 4.39 Å². The van der Waals surface area contributed by atoms with Crippen molar-refractivity contribution in [1.29, 1.82) is 0 Å². The highest BCUT2D eigenvalue weighted by atomic mass is 19.1. The number of phenols is 1. The number of amides is 2. The Balaban J connectivity index is 1.45. The van der Waals surface area contributed by atoms with Gasteiger partial charge in [0.1, 0.15) is 11.6 Å². The van der Waals surface area contributed by atoms with Gasteiger partial charge in [-0.05, 0) is 35.7 Å². The number of aromatic hydroxyl groups is 1. The molecule has 2 N–H and O–H groups in total. The van der Waals surface area contributed by atoms with E-state index in [4.69, 9.17) is 0 Å². The van der Waals surface area contributed by atoms with Crippen molar-refractivity contribution in [2.75, 3.05) is 6.54 Å². The molecule has 2 aromatic carbocycles. The van der Waals surface area contributed by atoms with E-state index in [1.807, 2.05) is 0 Å². The van der Waals surface area contributed by atoms with Crippen molar-refractivity contribution in [3.8, 4) is 5.75 Å². The molecule has 8 heteroatoms. The Kier molecular flexibility index (Phi) is 4.01. The van der Waals surface area contributed by atoms with E-state index in [0.717, 1.165) is 23.2 Å². The Morgan fingerprint density at radius 2 is 2.03 bits per heavy atom. The first-order chi connectivity index (χ1) is 14.0. The Bertz CT molecular complexity index is 1160. The van der Waals surface area contributed by atoms with E-state index in [2.05, 4.69) is 10.2 Å². The molecule has 0 spiro atoms. The number of benzene rings is 2. The van der Waals surface area contributed by atoms with E-state index < -0.39 is 0 Å². The Morgan fingerprint density at radius 1 is 1.21 bits per heavy atom. The molecule has 0 atom stereocenters. The fourth-order valence-corrected chi connectivity index (χ4v) is 4.13. The summed E-state index contributed by atoms with van der Waals surface area (Å²) in [6.45, 7) is 1.75. The van der Waals surface area contributed by atoms with Crippen LogP contribution in [0.1, 0.15) is 40.0 Å². The van der Waals surface area contributed by atoms with E-state index in [0.29, 0.717) is 43.5 Å². The van der Waals surface area contributed by atoms with Gasteiger partial charge in [-0.3, -0.25) is 14.7 Å². The van der Waals surface area contributed by atoms with E-state index in [1.165, 1.54) is 18.2 Å². The molecule has 3 heterocycles. The summed E-state index contributed by atoms with van der Waals surface area (Å²) in [6, 6.07) is 7.58. The minimum absolute atomic E-state index is 0.102. The second-order valence-electron chi connectivity index (χ2n) is 7.58. The molecule has 0 bridgehead atoms. The van der Waals surface area contributed by atoms with Gasteiger partial charge in [0.2, 0.25) is 5.91 Å². The summed E-state index contributed by atoms with van der Waals surface area (Å²) in [5, 5.41) is 18.2. The van der Waals surface area contributed by atoms with Crippen LogP contribution in [0.15, 0.2) is 30.3 Å². The number of phenolic OH excluding ortho intramolecular Hbond substituents is 1. The standard InChI is InChI=1S/C21H19FN4O3/c22-14-4-3-12-9-26(10-13(12)6-14)21(29)16-7-15-17(8-19(16)27)23-24-18(15)11-25-5-1-2-20(25)28/h3-4,6-8,27H,1-2,5,9-11H2,(H,23,24). The maximum Gasteiger partial charge on any atom is 0.258 e. The highest BCUT2D eigenvalue weighted by Crippen LogP contribution is 2.31. The molecule has 0 aliphatic carbocycles. The van der Waals surface area contributed by atoms with Crippen LogP contribution >= 0.6 is 0 Å². The summed E-state index contributed by atoms with van der Waals surface area (Å²) >= 11 is 0. The number of aromatic nitrogens is 2. The summed E-state index contributed by atoms with van der Waals surface area (Å²) in [5.74, 6) is -0.711. The molecule has 1 fully saturated rings. The molecular weight excluding hydrogens is 375 g/mol. The van der Waals surface area contributed by atoms with E-state index in [1.54, 1.807) is 21.9 Å². The van der Waals surface area contributed by atoms with E-state index in [-0.39, 0.29) is 28.9 Å². The molecule has 148 valence electrons. The third-order valence-electron chi connectivity index (χ3n) is 5.68. The van der Waals surface area contributed by atoms with Crippen LogP contribution in [0.2, 0.25) is 0 Å². The quantitative estimate of drug-likeness (QED) is 0.715. The summed E-state index contributed by atoms with van der Waals surface area (Å²) in [4.78, 5) is 28.3. The number of nitrogens with zero attached hydrogens (tertiary/aromatic N) is 3. The molecule has 2 amide bonds. The van der Waals surface area contributed by atoms with Gasteiger partial charge < -0.3 is 14.9 Å². The second-order valence-corrected chi connectivity index (χ2v) is 7.58. The zero-order valence-electron chi connectivity index (χ0n) is 15.6. The van der Waals surface area contributed by atoms with Crippen molar-refractivity contribution in [3.05, 3.63) is 58.5 Å². The number of fused-ring (bicyclic) bond motifs is 2. The zero-order chi connectivity index (χ0) is 20.1. The van der Waals surface area contributed by atoms with Gasteiger partial charge in [0, 0.05) is 37.5 Å². The van der Waals surface area contributed by atoms with Crippen molar-refractivity contribution in [3.63, 3.8) is 0 Å². The number of hydrogen-bond donors (Lipinski definition) is 2. The van der Waals surface area contributed by atoms with Crippen LogP contribution in [-0.4, -0.2) is 43.5 Å². The lowest BCUT2D eigenvalue weighted by Crippen LogP contribution is -2.25. The topological polar surface area (TPSA) is 89.5 Å². The first-order valence-electron chi connectivity index (χ1n) is 9.54. The molecule has 0 unspecified atom stereocenters. The molecule has 5 rings (SSSR count).